The number of benzene rings is 1. The summed E-state index contributed by atoms with van der Waals surface area (Å²) in [6.45, 7) is 4.08. The zero-order chi connectivity index (χ0) is 12.8. The highest BCUT2D eigenvalue weighted by atomic mass is 16.5. The summed E-state index contributed by atoms with van der Waals surface area (Å²) in [6.07, 6.45) is 4.66. The highest BCUT2D eigenvalue weighted by Crippen LogP contribution is 2.20. The maximum absolute atomic E-state index is 9.52. The molecule has 0 radical (unpaired) electrons. The predicted octanol–water partition coefficient (Wildman–Crippen LogP) is 2.48. The van der Waals surface area contributed by atoms with Crippen LogP contribution in [-0.2, 0) is 11.2 Å². The van der Waals surface area contributed by atoms with Crippen LogP contribution in [0.4, 0.5) is 0 Å². The molecular weight excluding hydrogens is 226 g/mol. The van der Waals surface area contributed by atoms with E-state index in [4.69, 9.17) is 4.74 Å². The van der Waals surface area contributed by atoms with Gasteiger partial charge in [0.15, 0.2) is 0 Å². The molecule has 1 saturated heterocycles. The first-order chi connectivity index (χ1) is 8.79. The molecule has 0 spiro atoms. The lowest BCUT2D eigenvalue weighted by Gasteiger charge is -2.24. The molecule has 100 valence electrons. The van der Waals surface area contributed by atoms with Gasteiger partial charge in [-0.3, -0.25) is 0 Å². The van der Waals surface area contributed by atoms with Crippen molar-refractivity contribution in [1.82, 2.24) is 5.32 Å². The Morgan fingerprint density at radius 2 is 2.39 bits per heavy atom. The predicted molar refractivity (Wildman–Crippen MR) is 72.9 cm³/mol. The summed E-state index contributed by atoms with van der Waals surface area (Å²) in [5.74, 6) is 0.342. The smallest absolute Gasteiger partial charge is 0.115 e. The number of nitrogens with one attached hydrogen (secondary N) is 1. The van der Waals surface area contributed by atoms with Gasteiger partial charge in [0.1, 0.15) is 5.75 Å². The Hall–Kier alpha value is -1.06. The lowest BCUT2D eigenvalue weighted by molar-refractivity contribution is 0.0784. The summed E-state index contributed by atoms with van der Waals surface area (Å²) in [6, 6.07) is 7.88. The monoisotopic (exact) mass is 249 g/mol. The van der Waals surface area contributed by atoms with Crippen molar-refractivity contribution in [3.05, 3.63) is 29.8 Å². The molecule has 0 saturated carbocycles. The molecule has 1 aromatic carbocycles. The minimum absolute atomic E-state index is 0.318. The minimum atomic E-state index is 0.318. The molecule has 2 N–H and O–H groups in total. The molecule has 1 aliphatic rings. The highest BCUT2D eigenvalue weighted by molar-refractivity contribution is 5.27. The van der Waals surface area contributed by atoms with Crippen LogP contribution in [0.2, 0.25) is 0 Å². The Labute approximate surface area is 109 Å². The largest absolute Gasteiger partial charge is 0.508 e. The summed E-state index contributed by atoms with van der Waals surface area (Å²) in [5.41, 5.74) is 1.17. The second-order valence-corrected chi connectivity index (χ2v) is 4.99. The number of phenolic OH excluding ortho intramolecular Hbond substituents is 1. The lowest BCUT2D eigenvalue weighted by atomic mass is 9.99. The Bertz CT molecular complexity index is 361. The first-order valence-electron chi connectivity index (χ1n) is 6.92. The van der Waals surface area contributed by atoms with Crippen molar-refractivity contribution in [2.24, 2.45) is 0 Å². The number of hydrogen-bond acceptors (Lipinski definition) is 3. The van der Waals surface area contributed by atoms with Crippen LogP contribution in [-0.4, -0.2) is 30.4 Å². The van der Waals surface area contributed by atoms with Gasteiger partial charge in [0.25, 0.3) is 0 Å². The van der Waals surface area contributed by atoms with E-state index in [0.29, 0.717) is 17.9 Å². The number of rotatable bonds is 6. The fourth-order valence-corrected chi connectivity index (χ4v) is 2.52. The van der Waals surface area contributed by atoms with E-state index in [1.807, 2.05) is 12.1 Å². The Morgan fingerprint density at radius 1 is 1.50 bits per heavy atom. The number of hydrogen-bond donors (Lipinski definition) is 2. The molecule has 18 heavy (non-hydrogen) atoms. The van der Waals surface area contributed by atoms with Crippen molar-refractivity contribution in [1.29, 1.82) is 0 Å². The number of ether oxygens (including phenoxy) is 1. The average molecular weight is 249 g/mol. The Balaban J connectivity index is 1.99. The molecule has 1 fully saturated rings. The van der Waals surface area contributed by atoms with Gasteiger partial charge in [-0.15, -0.1) is 0 Å². The first kappa shape index (κ1) is 13.4. The number of phenols is 1. The van der Waals surface area contributed by atoms with E-state index in [0.717, 1.165) is 38.8 Å². The molecule has 1 heterocycles. The molecular formula is C15H23NO2. The third-order valence-corrected chi connectivity index (χ3v) is 3.44. The van der Waals surface area contributed by atoms with Gasteiger partial charge in [-0.05, 0) is 49.9 Å². The first-order valence-corrected chi connectivity index (χ1v) is 6.92. The van der Waals surface area contributed by atoms with Gasteiger partial charge in [0, 0.05) is 12.6 Å². The van der Waals surface area contributed by atoms with Crippen LogP contribution >= 0.6 is 0 Å². The SMILES string of the molecule is CCCNC(Cc1cccc(O)c1)C1CCCO1. The molecule has 1 aromatic rings. The maximum atomic E-state index is 9.52. The molecule has 2 rings (SSSR count). The fraction of sp³-hybridized carbons (Fsp3) is 0.600. The third-order valence-electron chi connectivity index (χ3n) is 3.44. The van der Waals surface area contributed by atoms with Gasteiger partial charge in [0.05, 0.1) is 6.10 Å². The van der Waals surface area contributed by atoms with E-state index in [1.54, 1.807) is 6.07 Å². The second-order valence-electron chi connectivity index (χ2n) is 4.99. The van der Waals surface area contributed by atoms with Crippen molar-refractivity contribution in [3.63, 3.8) is 0 Å². The summed E-state index contributed by atoms with van der Waals surface area (Å²) in [7, 11) is 0. The van der Waals surface area contributed by atoms with Gasteiger partial charge in [-0.2, -0.15) is 0 Å². The fourth-order valence-electron chi connectivity index (χ4n) is 2.52. The van der Waals surface area contributed by atoms with Gasteiger partial charge in [0.2, 0.25) is 0 Å². The van der Waals surface area contributed by atoms with E-state index in [9.17, 15) is 5.11 Å². The van der Waals surface area contributed by atoms with Crippen LogP contribution in [0, 0.1) is 0 Å². The molecule has 0 aromatic heterocycles. The van der Waals surface area contributed by atoms with E-state index in [1.165, 1.54) is 5.56 Å². The van der Waals surface area contributed by atoms with Crippen LogP contribution < -0.4 is 5.32 Å². The maximum Gasteiger partial charge on any atom is 0.115 e. The second kappa shape index (κ2) is 6.76. The number of aromatic hydroxyl groups is 1. The standard InChI is InChI=1S/C15H23NO2/c1-2-8-16-14(15-7-4-9-18-15)11-12-5-3-6-13(17)10-12/h3,5-6,10,14-17H,2,4,7-9,11H2,1H3. The van der Waals surface area contributed by atoms with Crippen LogP contribution in [0.3, 0.4) is 0 Å². The van der Waals surface area contributed by atoms with Gasteiger partial charge in [-0.1, -0.05) is 19.1 Å². The molecule has 0 bridgehead atoms. The van der Waals surface area contributed by atoms with Crippen molar-refractivity contribution in [2.45, 2.75) is 44.8 Å². The zero-order valence-electron chi connectivity index (χ0n) is 11.1. The normalized spacial score (nSPS) is 21.1. The molecule has 0 aliphatic carbocycles. The van der Waals surface area contributed by atoms with Crippen LogP contribution in [0.25, 0.3) is 0 Å². The van der Waals surface area contributed by atoms with Crippen molar-refractivity contribution in [3.8, 4) is 5.75 Å². The van der Waals surface area contributed by atoms with E-state index in [2.05, 4.69) is 18.3 Å². The minimum Gasteiger partial charge on any atom is -0.508 e. The van der Waals surface area contributed by atoms with Crippen molar-refractivity contribution < 1.29 is 9.84 Å². The topological polar surface area (TPSA) is 41.5 Å². The van der Waals surface area contributed by atoms with Crippen molar-refractivity contribution in [2.75, 3.05) is 13.2 Å². The van der Waals surface area contributed by atoms with Crippen molar-refractivity contribution >= 4 is 0 Å². The van der Waals surface area contributed by atoms with Crippen LogP contribution in [0.5, 0.6) is 5.75 Å². The van der Waals surface area contributed by atoms with Crippen LogP contribution in [0.1, 0.15) is 31.7 Å². The van der Waals surface area contributed by atoms with E-state index < -0.39 is 0 Å². The van der Waals surface area contributed by atoms with E-state index >= 15 is 0 Å². The summed E-state index contributed by atoms with van der Waals surface area (Å²) in [4.78, 5) is 0. The molecule has 3 nitrogen and oxygen atoms in total. The van der Waals surface area contributed by atoms with Gasteiger partial charge in [-0.25, -0.2) is 0 Å². The summed E-state index contributed by atoms with van der Waals surface area (Å²) < 4.78 is 5.79. The molecule has 3 heteroatoms. The Kier molecular flexibility index (Phi) is 5.02. The summed E-state index contributed by atoms with van der Waals surface area (Å²) in [5, 5.41) is 13.1. The highest BCUT2D eigenvalue weighted by Gasteiger charge is 2.25. The molecule has 0 amide bonds. The average Bonchev–Trinajstić information content (AvgIpc) is 2.88. The Morgan fingerprint density at radius 3 is 3.06 bits per heavy atom. The summed E-state index contributed by atoms with van der Waals surface area (Å²) >= 11 is 0. The molecule has 2 atom stereocenters. The molecule has 1 aliphatic heterocycles. The third kappa shape index (κ3) is 3.72. The zero-order valence-corrected chi connectivity index (χ0v) is 11.1. The van der Waals surface area contributed by atoms with E-state index in [-0.39, 0.29) is 0 Å². The van der Waals surface area contributed by atoms with Crippen LogP contribution in [0.15, 0.2) is 24.3 Å². The molecule has 2 unspecified atom stereocenters. The van der Waals surface area contributed by atoms with Gasteiger partial charge < -0.3 is 15.2 Å². The van der Waals surface area contributed by atoms with Gasteiger partial charge >= 0.3 is 0 Å². The lowest BCUT2D eigenvalue weighted by Crippen LogP contribution is -2.41. The quantitative estimate of drug-likeness (QED) is 0.814.